The van der Waals surface area contributed by atoms with Crippen LogP contribution in [-0.4, -0.2) is 24.3 Å². The van der Waals surface area contributed by atoms with Crippen LogP contribution >= 0.6 is 11.6 Å². The number of nitrogens with zero attached hydrogens (tertiary/aromatic N) is 5. The van der Waals surface area contributed by atoms with E-state index in [1.54, 1.807) is 6.33 Å². The highest BCUT2D eigenvalue weighted by Crippen LogP contribution is 2.26. The number of rotatable bonds is 2. The van der Waals surface area contributed by atoms with E-state index in [-0.39, 0.29) is 0 Å². The molecule has 2 aromatic heterocycles. The summed E-state index contributed by atoms with van der Waals surface area (Å²) < 4.78 is 3.67. The van der Waals surface area contributed by atoms with Crippen molar-refractivity contribution in [3.05, 3.63) is 35.4 Å². The second-order valence-electron chi connectivity index (χ2n) is 4.02. The number of para-hydroxylation sites is 1. The average Bonchev–Trinajstić information content (AvgIpc) is 2.86. The Hall–Kier alpha value is -2.08. The van der Waals surface area contributed by atoms with Gasteiger partial charge in [0.1, 0.15) is 6.33 Å². The lowest BCUT2D eigenvalue weighted by Gasteiger charge is -2.06. The zero-order chi connectivity index (χ0) is 12.7. The van der Waals surface area contributed by atoms with Gasteiger partial charge in [0.05, 0.1) is 22.6 Å². The first-order chi connectivity index (χ1) is 8.66. The van der Waals surface area contributed by atoms with Crippen LogP contribution in [0.25, 0.3) is 11.0 Å². The molecule has 0 saturated heterocycles. The van der Waals surface area contributed by atoms with Crippen LogP contribution < -0.4 is 5.73 Å². The fourth-order valence-electron chi connectivity index (χ4n) is 1.91. The lowest BCUT2D eigenvalue weighted by molar-refractivity contribution is 0.718. The van der Waals surface area contributed by atoms with Crippen molar-refractivity contribution in [1.29, 1.82) is 0 Å². The lowest BCUT2D eigenvalue weighted by Crippen LogP contribution is -2.08. The van der Waals surface area contributed by atoms with Crippen molar-refractivity contribution < 1.29 is 0 Å². The Kier molecular flexibility index (Phi) is 2.45. The molecule has 3 aromatic rings. The summed E-state index contributed by atoms with van der Waals surface area (Å²) in [7, 11) is 1.88. The summed E-state index contributed by atoms with van der Waals surface area (Å²) in [5.41, 5.74) is 7.52. The molecule has 18 heavy (non-hydrogen) atoms. The van der Waals surface area contributed by atoms with Crippen molar-refractivity contribution in [1.82, 2.24) is 24.3 Å². The second-order valence-corrected chi connectivity index (χ2v) is 4.43. The lowest BCUT2D eigenvalue weighted by atomic mass is 10.3. The van der Waals surface area contributed by atoms with Crippen molar-refractivity contribution in [3.8, 4) is 0 Å². The molecule has 92 valence electrons. The first-order valence-corrected chi connectivity index (χ1v) is 5.77. The van der Waals surface area contributed by atoms with Gasteiger partial charge in [0.15, 0.2) is 5.82 Å². The molecular weight excluding hydrogens is 252 g/mol. The minimum atomic E-state index is 0.418. The van der Waals surface area contributed by atoms with Crippen molar-refractivity contribution in [3.63, 3.8) is 0 Å². The molecule has 0 fully saturated rings. The van der Waals surface area contributed by atoms with E-state index in [9.17, 15) is 0 Å². The van der Waals surface area contributed by atoms with Crippen LogP contribution in [0.4, 0.5) is 5.95 Å². The fraction of sp³-hybridized carbons (Fsp3) is 0.182. The monoisotopic (exact) mass is 262 g/mol. The van der Waals surface area contributed by atoms with Gasteiger partial charge in [-0.2, -0.15) is 0 Å². The Morgan fingerprint density at radius 1 is 1.39 bits per heavy atom. The quantitative estimate of drug-likeness (QED) is 0.758. The molecule has 0 spiro atoms. The van der Waals surface area contributed by atoms with Gasteiger partial charge in [-0.25, -0.2) is 4.98 Å². The number of anilines is 1. The first-order valence-electron chi connectivity index (χ1n) is 5.40. The van der Waals surface area contributed by atoms with E-state index in [4.69, 9.17) is 17.3 Å². The predicted octanol–water partition coefficient (Wildman–Crippen LogP) is 1.45. The van der Waals surface area contributed by atoms with Gasteiger partial charge < -0.3 is 14.9 Å². The van der Waals surface area contributed by atoms with Gasteiger partial charge in [-0.3, -0.25) is 0 Å². The summed E-state index contributed by atoms with van der Waals surface area (Å²) in [6.07, 6.45) is 1.65. The van der Waals surface area contributed by atoms with Crippen LogP contribution in [0, 0.1) is 0 Å². The van der Waals surface area contributed by atoms with Crippen LogP contribution in [0.1, 0.15) is 5.82 Å². The maximum absolute atomic E-state index is 6.20. The van der Waals surface area contributed by atoms with Gasteiger partial charge in [-0.1, -0.05) is 17.7 Å². The molecule has 0 aliphatic carbocycles. The van der Waals surface area contributed by atoms with Crippen LogP contribution in [0.2, 0.25) is 5.02 Å². The number of aromatic nitrogens is 5. The van der Waals surface area contributed by atoms with Gasteiger partial charge in [-0.05, 0) is 12.1 Å². The Morgan fingerprint density at radius 3 is 2.94 bits per heavy atom. The highest BCUT2D eigenvalue weighted by Gasteiger charge is 2.13. The molecule has 0 atom stereocenters. The van der Waals surface area contributed by atoms with Crippen LogP contribution in [0.3, 0.4) is 0 Å². The number of aryl methyl sites for hydroxylation is 1. The zero-order valence-electron chi connectivity index (χ0n) is 9.71. The normalized spacial score (nSPS) is 11.2. The fourth-order valence-corrected chi connectivity index (χ4v) is 2.18. The standard InChI is InChI=1S/C11H11ClN6/c1-17-6-14-16-9(17)5-18-10-7(12)3-2-4-8(10)15-11(18)13/h2-4,6H,5H2,1H3,(H2,13,15). The minimum Gasteiger partial charge on any atom is -0.369 e. The third-order valence-electron chi connectivity index (χ3n) is 2.85. The molecule has 0 radical (unpaired) electrons. The Bertz CT molecular complexity index is 713. The maximum Gasteiger partial charge on any atom is 0.201 e. The summed E-state index contributed by atoms with van der Waals surface area (Å²) in [6.45, 7) is 0.489. The molecule has 0 aliphatic rings. The number of benzene rings is 1. The van der Waals surface area contributed by atoms with E-state index in [1.165, 1.54) is 0 Å². The summed E-state index contributed by atoms with van der Waals surface area (Å²) >= 11 is 6.20. The predicted molar refractivity (Wildman–Crippen MR) is 69.3 cm³/mol. The molecule has 1 aromatic carbocycles. The van der Waals surface area contributed by atoms with E-state index >= 15 is 0 Å². The van der Waals surface area contributed by atoms with Crippen molar-refractivity contribution in [2.75, 3.05) is 5.73 Å². The van der Waals surface area contributed by atoms with Crippen LogP contribution in [0.15, 0.2) is 24.5 Å². The zero-order valence-corrected chi connectivity index (χ0v) is 10.5. The molecular formula is C11H11ClN6. The number of halogens is 1. The van der Waals surface area contributed by atoms with Gasteiger partial charge >= 0.3 is 0 Å². The van der Waals surface area contributed by atoms with Crippen LogP contribution in [0.5, 0.6) is 0 Å². The minimum absolute atomic E-state index is 0.418. The molecule has 0 aliphatic heterocycles. The first kappa shape index (κ1) is 11.0. The summed E-state index contributed by atoms with van der Waals surface area (Å²) in [6, 6.07) is 5.55. The van der Waals surface area contributed by atoms with Gasteiger partial charge in [-0.15, -0.1) is 10.2 Å². The molecule has 0 saturated carbocycles. The second kappa shape index (κ2) is 3.99. The van der Waals surface area contributed by atoms with Crippen molar-refractivity contribution in [2.24, 2.45) is 7.05 Å². The van der Waals surface area contributed by atoms with E-state index in [2.05, 4.69) is 15.2 Å². The topological polar surface area (TPSA) is 74.5 Å². The number of hydrogen-bond acceptors (Lipinski definition) is 4. The molecule has 2 heterocycles. The highest BCUT2D eigenvalue weighted by molar-refractivity contribution is 6.35. The molecule has 3 rings (SSSR count). The molecule has 2 N–H and O–H groups in total. The number of fused-ring (bicyclic) bond motifs is 1. The Morgan fingerprint density at radius 2 is 2.22 bits per heavy atom. The van der Waals surface area contributed by atoms with Gasteiger partial charge in [0, 0.05) is 7.05 Å². The van der Waals surface area contributed by atoms with Crippen molar-refractivity contribution in [2.45, 2.75) is 6.54 Å². The SMILES string of the molecule is Cn1cnnc1Cn1c(N)nc2cccc(Cl)c21. The van der Waals surface area contributed by atoms with Gasteiger partial charge in [0.25, 0.3) is 0 Å². The largest absolute Gasteiger partial charge is 0.369 e. The maximum atomic E-state index is 6.20. The molecule has 0 unspecified atom stereocenters. The average molecular weight is 263 g/mol. The Balaban J connectivity index is 2.17. The van der Waals surface area contributed by atoms with E-state index in [1.807, 2.05) is 34.4 Å². The third-order valence-corrected chi connectivity index (χ3v) is 3.16. The van der Waals surface area contributed by atoms with Crippen LogP contribution in [-0.2, 0) is 13.6 Å². The van der Waals surface area contributed by atoms with Crippen molar-refractivity contribution >= 4 is 28.6 Å². The molecule has 7 heteroatoms. The third kappa shape index (κ3) is 1.62. The number of imidazole rings is 1. The van der Waals surface area contributed by atoms with E-state index in [0.29, 0.717) is 17.5 Å². The summed E-state index contributed by atoms with van der Waals surface area (Å²) in [4.78, 5) is 4.28. The number of nitrogen functional groups attached to an aromatic ring is 1. The number of hydrogen-bond donors (Lipinski definition) is 1. The summed E-state index contributed by atoms with van der Waals surface area (Å²) in [5, 5.41) is 8.50. The van der Waals surface area contributed by atoms with E-state index in [0.717, 1.165) is 16.9 Å². The summed E-state index contributed by atoms with van der Waals surface area (Å²) in [5.74, 6) is 1.21. The smallest absolute Gasteiger partial charge is 0.201 e. The highest BCUT2D eigenvalue weighted by atomic mass is 35.5. The van der Waals surface area contributed by atoms with E-state index < -0.39 is 0 Å². The molecule has 0 amide bonds. The van der Waals surface area contributed by atoms with Gasteiger partial charge in [0.2, 0.25) is 5.95 Å². The molecule has 6 nitrogen and oxygen atoms in total. The number of nitrogens with two attached hydrogens (primary N) is 1. The molecule has 0 bridgehead atoms. The Labute approximate surface area is 108 Å².